The molecular formula is C16H18N6O3. The summed E-state index contributed by atoms with van der Waals surface area (Å²) in [4.78, 5) is 32.1. The van der Waals surface area contributed by atoms with Crippen LogP contribution in [0.3, 0.4) is 0 Å². The van der Waals surface area contributed by atoms with Crippen LogP contribution in [0.15, 0.2) is 30.5 Å². The van der Waals surface area contributed by atoms with Crippen LogP contribution >= 0.6 is 0 Å². The number of carbonyl (C=O) groups is 1. The molecule has 0 bridgehead atoms. The van der Waals surface area contributed by atoms with Gasteiger partial charge in [-0.3, -0.25) is 14.9 Å². The summed E-state index contributed by atoms with van der Waals surface area (Å²) in [5.74, 6) is -0.177. The first-order valence-electron chi connectivity index (χ1n) is 7.82. The fourth-order valence-corrected chi connectivity index (χ4v) is 2.70. The summed E-state index contributed by atoms with van der Waals surface area (Å²) in [6, 6.07) is 7.57. The van der Waals surface area contributed by atoms with Crippen LogP contribution in [0.25, 0.3) is 0 Å². The highest BCUT2D eigenvalue weighted by molar-refractivity contribution is 5.86. The number of nitrogen functional groups attached to an aromatic ring is 1. The molecule has 1 atom stereocenters. The van der Waals surface area contributed by atoms with Crippen LogP contribution in [0.4, 0.5) is 17.5 Å². The number of hydrogen-bond acceptors (Lipinski definition) is 7. The van der Waals surface area contributed by atoms with Gasteiger partial charge in [0.1, 0.15) is 12.2 Å². The standard InChI is InChI=1S/C16H18N6O3/c1-10-2-4-11(5-3-10)9-21-7-6-12(15(21)23)19-16-18-8-13(22(24)25)14(17)20-16/h2-5,8,12H,6-7,9H2,1H3,(H3,17,18,19,20). The van der Waals surface area contributed by atoms with Gasteiger partial charge in [-0.25, -0.2) is 4.98 Å². The zero-order valence-electron chi connectivity index (χ0n) is 13.7. The molecule has 2 aromatic rings. The number of anilines is 2. The Morgan fingerprint density at radius 2 is 2.12 bits per heavy atom. The molecule has 0 radical (unpaired) electrons. The second-order valence-electron chi connectivity index (χ2n) is 5.95. The Morgan fingerprint density at radius 3 is 2.76 bits per heavy atom. The number of likely N-dealkylation sites (tertiary alicyclic amines) is 1. The summed E-state index contributed by atoms with van der Waals surface area (Å²) < 4.78 is 0. The van der Waals surface area contributed by atoms with Gasteiger partial charge in [-0.05, 0) is 18.9 Å². The average molecular weight is 342 g/mol. The van der Waals surface area contributed by atoms with Crippen molar-refractivity contribution in [1.82, 2.24) is 14.9 Å². The van der Waals surface area contributed by atoms with Crippen LogP contribution in [0.1, 0.15) is 17.5 Å². The van der Waals surface area contributed by atoms with Crippen molar-refractivity contribution in [2.24, 2.45) is 0 Å². The first kappa shape index (κ1) is 16.6. The number of hydrogen-bond donors (Lipinski definition) is 2. The monoisotopic (exact) mass is 342 g/mol. The number of nitro groups is 1. The number of aryl methyl sites for hydroxylation is 1. The highest BCUT2D eigenvalue weighted by atomic mass is 16.6. The summed E-state index contributed by atoms with van der Waals surface area (Å²) in [7, 11) is 0. The third-order valence-corrected chi connectivity index (χ3v) is 4.09. The Labute approximate surface area is 144 Å². The van der Waals surface area contributed by atoms with E-state index in [1.54, 1.807) is 4.90 Å². The van der Waals surface area contributed by atoms with Crippen molar-refractivity contribution >= 4 is 23.4 Å². The van der Waals surface area contributed by atoms with Crippen LogP contribution in [0.2, 0.25) is 0 Å². The van der Waals surface area contributed by atoms with Crippen LogP contribution in [-0.2, 0) is 11.3 Å². The van der Waals surface area contributed by atoms with E-state index in [0.717, 1.165) is 11.8 Å². The van der Waals surface area contributed by atoms with E-state index in [4.69, 9.17) is 5.73 Å². The Balaban J connectivity index is 1.65. The van der Waals surface area contributed by atoms with Crippen molar-refractivity contribution < 1.29 is 9.72 Å². The molecule has 1 fully saturated rings. The van der Waals surface area contributed by atoms with Crippen LogP contribution < -0.4 is 11.1 Å². The normalized spacial score (nSPS) is 16.9. The molecular weight excluding hydrogens is 324 g/mol. The second-order valence-corrected chi connectivity index (χ2v) is 5.95. The molecule has 3 N–H and O–H groups in total. The SMILES string of the molecule is Cc1ccc(CN2CCC(Nc3ncc([N+](=O)[O-])c(N)n3)C2=O)cc1. The van der Waals surface area contributed by atoms with E-state index >= 15 is 0 Å². The van der Waals surface area contributed by atoms with Gasteiger partial charge in [-0.2, -0.15) is 4.98 Å². The number of nitrogens with zero attached hydrogens (tertiary/aromatic N) is 4. The van der Waals surface area contributed by atoms with Gasteiger partial charge in [0.15, 0.2) is 0 Å². The van der Waals surface area contributed by atoms with Crippen molar-refractivity contribution in [3.8, 4) is 0 Å². The highest BCUT2D eigenvalue weighted by Crippen LogP contribution is 2.21. The summed E-state index contributed by atoms with van der Waals surface area (Å²) >= 11 is 0. The molecule has 9 nitrogen and oxygen atoms in total. The molecule has 3 rings (SSSR count). The minimum absolute atomic E-state index is 0.0545. The quantitative estimate of drug-likeness (QED) is 0.622. The van der Waals surface area contributed by atoms with Crippen molar-refractivity contribution in [3.05, 3.63) is 51.7 Å². The largest absolute Gasteiger partial charge is 0.378 e. The number of rotatable bonds is 5. The fourth-order valence-electron chi connectivity index (χ4n) is 2.70. The van der Waals surface area contributed by atoms with Gasteiger partial charge in [0.2, 0.25) is 17.7 Å². The number of amides is 1. The van der Waals surface area contributed by atoms with Gasteiger partial charge in [-0.1, -0.05) is 29.8 Å². The zero-order chi connectivity index (χ0) is 18.0. The summed E-state index contributed by atoms with van der Waals surface area (Å²) in [5.41, 5.74) is 7.42. The molecule has 130 valence electrons. The molecule has 1 saturated heterocycles. The lowest BCUT2D eigenvalue weighted by molar-refractivity contribution is -0.384. The fraction of sp³-hybridized carbons (Fsp3) is 0.312. The zero-order valence-corrected chi connectivity index (χ0v) is 13.7. The Morgan fingerprint density at radius 1 is 1.40 bits per heavy atom. The predicted octanol–water partition coefficient (Wildman–Crippen LogP) is 1.49. The summed E-state index contributed by atoms with van der Waals surface area (Å²) in [5, 5.41) is 13.6. The lowest BCUT2D eigenvalue weighted by Crippen LogP contribution is -2.33. The summed E-state index contributed by atoms with van der Waals surface area (Å²) in [6.07, 6.45) is 1.64. The van der Waals surface area contributed by atoms with Crippen molar-refractivity contribution in [1.29, 1.82) is 0 Å². The minimum Gasteiger partial charge on any atom is -0.378 e. The van der Waals surface area contributed by atoms with E-state index in [1.165, 1.54) is 5.56 Å². The third kappa shape index (κ3) is 3.65. The lowest BCUT2D eigenvalue weighted by Gasteiger charge is -2.17. The second kappa shape index (κ2) is 6.71. The maximum absolute atomic E-state index is 12.5. The predicted molar refractivity (Wildman–Crippen MR) is 91.7 cm³/mol. The molecule has 2 heterocycles. The van der Waals surface area contributed by atoms with Crippen LogP contribution in [0, 0.1) is 17.0 Å². The first-order valence-corrected chi connectivity index (χ1v) is 7.82. The maximum Gasteiger partial charge on any atom is 0.329 e. The Hall–Kier alpha value is -3.23. The van der Waals surface area contributed by atoms with Gasteiger partial charge in [0.05, 0.1) is 4.92 Å². The van der Waals surface area contributed by atoms with Gasteiger partial charge >= 0.3 is 5.69 Å². The molecule has 1 aliphatic heterocycles. The minimum atomic E-state index is -0.650. The molecule has 1 amide bonds. The van der Waals surface area contributed by atoms with Crippen molar-refractivity contribution in [2.75, 3.05) is 17.6 Å². The number of benzene rings is 1. The van der Waals surface area contributed by atoms with Gasteiger partial charge in [0, 0.05) is 13.1 Å². The smallest absolute Gasteiger partial charge is 0.329 e. The Kier molecular flexibility index (Phi) is 4.46. The van der Waals surface area contributed by atoms with E-state index < -0.39 is 11.0 Å². The van der Waals surface area contributed by atoms with Gasteiger partial charge < -0.3 is 16.0 Å². The van der Waals surface area contributed by atoms with Crippen molar-refractivity contribution in [2.45, 2.75) is 25.9 Å². The van der Waals surface area contributed by atoms with E-state index in [-0.39, 0.29) is 23.4 Å². The van der Waals surface area contributed by atoms with Crippen LogP contribution in [-0.4, -0.2) is 38.3 Å². The van der Waals surface area contributed by atoms with Gasteiger partial charge in [-0.15, -0.1) is 0 Å². The first-order chi connectivity index (χ1) is 11.9. The number of aromatic nitrogens is 2. The molecule has 1 aliphatic rings. The maximum atomic E-state index is 12.5. The third-order valence-electron chi connectivity index (χ3n) is 4.09. The number of carbonyl (C=O) groups excluding carboxylic acids is 1. The molecule has 0 saturated carbocycles. The molecule has 0 spiro atoms. The van der Waals surface area contributed by atoms with E-state index in [1.807, 2.05) is 31.2 Å². The number of nitrogens with two attached hydrogens (primary N) is 1. The molecule has 1 aromatic carbocycles. The van der Waals surface area contributed by atoms with E-state index in [0.29, 0.717) is 19.5 Å². The average Bonchev–Trinajstić information content (AvgIpc) is 2.90. The van der Waals surface area contributed by atoms with Crippen LogP contribution in [0.5, 0.6) is 0 Å². The molecule has 0 aliphatic carbocycles. The van der Waals surface area contributed by atoms with E-state index in [2.05, 4.69) is 15.3 Å². The Bertz CT molecular complexity index is 808. The molecule has 1 unspecified atom stereocenters. The molecule has 25 heavy (non-hydrogen) atoms. The number of nitrogens with one attached hydrogen (secondary N) is 1. The van der Waals surface area contributed by atoms with Gasteiger partial charge in [0.25, 0.3) is 0 Å². The molecule has 1 aromatic heterocycles. The van der Waals surface area contributed by atoms with Crippen molar-refractivity contribution in [3.63, 3.8) is 0 Å². The molecule has 9 heteroatoms. The lowest BCUT2D eigenvalue weighted by atomic mass is 10.1. The highest BCUT2D eigenvalue weighted by Gasteiger charge is 2.32. The van der Waals surface area contributed by atoms with E-state index in [9.17, 15) is 14.9 Å². The summed E-state index contributed by atoms with van der Waals surface area (Å²) in [6.45, 7) is 3.17. The topological polar surface area (TPSA) is 127 Å².